The lowest BCUT2D eigenvalue weighted by Gasteiger charge is -2.18. The van der Waals surface area contributed by atoms with Gasteiger partial charge in [0.25, 0.3) is 0 Å². The van der Waals surface area contributed by atoms with Gasteiger partial charge in [-0.25, -0.2) is 9.78 Å². The van der Waals surface area contributed by atoms with Crippen LogP contribution in [0.25, 0.3) is 11.5 Å². The molecule has 1 atom stereocenters. The molecule has 0 aliphatic heterocycles. The fourth-order valence-corrected chi connectivity index (χ4v) is 3.36. The minimum Gasteiger partial charge on any atom is -0.458 e. The van der Waals surface area contributed by atoms with E-state index in [1.807, 2.05) is 55.6 Å². The Kier molecular flexibility index (Phi) is 6.10. The molecule has 4 N–H and O–H groups in total. The zero-order chi connectivity index (χ0) is 20.1. The number of carbonyl (C=O) groups excluding carboxylic acids is 2. The fourth-order valence-electron chi connectivity index (χ4n) is 2.75. The fraction of sp³-hybridized carbons (Fsp3) is 0.250. The van der Waals surface area contributed by atoms with Crippen LogP contribution < -0.4 is 16.4 Å². The Bertz CT molecular complexity index is 962. The van der Waals surface area contributed by atoms with Gasteiger partial charge in [0.1, 0.15) is 11.5 Å². The van der Waals surface area contributed by atoms with Crippen molar-refractivity contribution < 1.29 is 14.0 Å². The van der Waals surface area contributed by atoms with Crippen LogP contribution in [0.5, 0.6) is 0 Å². The third kappa shape index (κ3) is 5.20. The Morgan fingerprint density at radius 3 is 2.57 bits per heavy atom. The summed E-state index contributed by atoms with van der Waals surface area (Å²) in [5.74, 6) is 1.08. The lowest BCUT2D eigenvalue weighted by molar-refractivity contribution is -0.121. The molecule has 0 fully saturated rings. The summed E-state index contributed by atoms with van der Waals surface area (Å²) in [6, 6.07) is 10.1. The number of nitrogens with zero attached hydrogens (tertiary/aromatic N) is 1. The van der Waals surface area contributed by atoms with Crippen molar-refractivity contribution in [1.29, 1.82) is 0 Å². The summed E-state index contributed by atoms with van der Waals surface area (Å²) in [5.41, 5.74) is 7.95. The zero-order valence-corrected chi connectivity index (χ0v) is 16.5. The topological polar surface area (TPSA) is 110 Å². The zero-order valence-electron chi connectivity index (χ0n) is 15.7. The molecule has 2 heterocycles. The average molecular weight is 398 g/mol. The number of carbonyl (C=O) groups is 2. The molecule has 0 spiro atoms. The van der Waals surface area contributed by atoms with Crippen molar-refractivity contribution in [2.45, 2.75) is 32.9 Å². The van der Waals surface area contributed by atoms with E-state index in [0.717, 1.165) is 21.8 Å². The Labute approximate surface area is 167 Å². The highest BCUT2D eigenvalue weighted by Crippen LogP contribution is 2.24. The maximum Gasteiger partial charge on any atom is 0.312 e. The van der Waals surface area contributed by atoms with Gasteiger partial charge in [-0.2, -0.15) is 0 Å². The number of hydrogen-bond donors (Lipinski definition) is 3. The van der Waals surface area contributed by atoms with E-state index in [-0.39, 0.29) is 18.9 Å². The maximum absolute atomic E-state index is 12.4. The molecule has 7 nitrogen and oxygen atoms in total. The van der Waals surface area contributed by atoms with Crippen molar-refractivity contribution >= 4 is 23.3 Å². The number of aryl methyl sites for hydroxylation is 2. The van der Waals surface area contributed by atoms with Gasteiger partial charge in [-0.15, -0.1) is 11.3 Å². The highest BCUT2D eigenvalue weighted by atomic mass is 32.1. The van der Waals surface area contributed by atoms with Crippen molar-refractivity contribution in [3.05, 3.63) is 63.7 Å². The second-order valence-electron chi connectivity index (χ2n) is 6.47. The first-order valence-electron chi connectivity index (χ1n) is 8.81. The van der Waals surface area contributed by atoms with Crippen LogP contribution in [0.15, 0.2) is 46.2 Å². The van der Waals surface area contributed by atoms with E-state index >= 15 is 0 Å². The quantitative estimate of drug-likeness (QED) is 0.566. The SMILES string of the molecule is Cc1ccc([C@H](CC(=O)NCc2ccc(-c3csc(C)n3)o2)NC(N)=O)cc1. The Hall–Kier alpha value is -3.13. The summed E-state index contributed by atoms with van der Waals surface area (Å²) in [6.07, 6.45) is 0.0743. The number of aromatic nitrogens is 1. The van der Waals surface area contributed by atoms with Gasteiger partial charge in [0.05, 0.1) is 24.0 Å². The summed E-state index contributed by atoms with van der Waals surface area (Å²) in [4.78, 5) is 28.1. The van der Waals surface area contributed by atoms with Gasteiger partial charge >= 0.3 is 6.03 Å². The number of hydrogen-bond acceptors (Lipinski definition) is 5. The predicted molar refractivity (Wildman–Crippen MR) is 108 cm³/mol. The molecule has 1 aromatic carbocycles. The summed E-state index contributed by atoms with van der Waals surface area (Å²) in [7, 11) is 0. The second-order valence-corrected chi connectivity index (χ2v) is 7.53. The first-order chi connectivity index (χ1) is 13.4. The molecule has 2 aromatic heterocycles. The lowest BCUT2D eigenvalue weighted by Crippen LogP contribution is -2.36. The number of primary amides is 1. The molecular formula is C20H22N4O3S. The second kappa shape index (κ2) is 8.71. The van der Waals surface area contributed by atoms with Crippen LogP contribution in [-0.4, -0.2) is 16.9 Å². The molecule has 146 valence electrons. The number of furan rings is 1. The van der Waals surface area contributed by atoms with E-state index < -0.39 is 12.1 Å². The molecular weight excluding hydrogens is 376 g/mol. The van der Waals surface area contributed by atoms with Crippen LogP contribution in [0.4, 0.5) is 4.79 Å². The minimum absolute atomic E-state index is 0.0743. The summed E-state index contributed by atoms with van der Waals surface area (Å²) >= 11 is 1.55. The van der Waals surface area contributed by atoms with Crippen molar-refractivity contribution in [3.63, 3.8) is 0 Å². The Morgan fingerprint density at radius 2 is 1.93 bits per heavy atom. The van der Waals surface area contributed by atoms with Crippen molar-refractivity contribution in [2.75, 3.05) is 0 Å². The third-order valence-electron chi connectivity index (χ3n) is 4.18. The number of nitrogens with two attached hydrogens (primary N) is 1. The molecule has 3 amide bonds. The number of amides is 3. The van der Waals surface area contributed by atoms with Crippen LogP contribution >= 0.6 is 11.3 Å². The van der Waals surface area contributed by atoms with Gasteiger partial charge in [0, 0.05) is 5.38 Å². The molecule has 0 saturated heterocycles. The Balaban J connectivity index is 1.59. The number of rotatable bonds is 7. The largest absolute Gasteiger partial charge is 0.458 e. The van der Waals surface area contributed by atoms with E-state index in [1.165, 1.54) is 0 Å². The first-order valence-corrected chi connectivity index (χ1v) is 9.69. The first kappa shape index (κ1) is 19.6. The lowest BCUT2D eigenvalue weighted by atomic mass is 10.0. The molecule has 28 heavy (non-hydrogen) atoms. The van der Waals surface area contributed by atoms with Gasteiger partial charge < -0.3 is 20.8 Å². The molecule has 0 radical (unpaired) electrons. The van der Waals surface area contributed by atoms with E-state index in [0.29, 0.717) is 11.5 Å². The number of benzene rings is 1. The standard InChI is InChI=1S/C20H22N4O3S/c1-12-3-5-14(6-4-12)16(24-20(21)26)9-19(25)22-10-15-7-8-18(27-15)17-11-28-13(2)23-17/h3-8,11,16H,9-10H2,1-2H3,(H,22,25)(H3,21,24,26)/t16-/m0/s1. The van der Waals surface area contributed by atoms with Gasteiger partial charge in [0.2, 0.25) is 5.91 Å². The highest BCUT2D eigenvalue weighted by Gasteiger charge is 2.18. The molecule has 0 unspecified atom stereocenters. The summed E-state index contributed by atoms with van der Waals surface area (Å²) in [5, 5.41) is 8.32. The predicted octanol–water partition coefficient (Wildman–Crippen LogP) is 3.44. The van der Waals surface area contributed by atoms with Crippen LogP contribution in [0.2, 0.25) is 0 Å². The highest BCUT2D eigenvalue weighted by molar-refractivity contribution is 7.09. The third-order valence-corrected chi connectivity index (χ3v) is 4.95. The van der Waals surface area contributed by atoms with E-state index in [4.69, 9.17) is 10.2 Å². The molecule has 0 aliphatic rings. The smallest absolute Gasteiger partial charge is 0.312 e. The van der Waals surface area contributed by atoms with Crippen molar-refractivity contribution in [2.24, 2.45) is 5.73 Å². The monoisotopic (exact) mass is 398 g/mol. The molecule has 8 heteroatoms. The Morgan fingerprint density at radius 1 is 1.18 bits per heavy atom. The summed E-state index contributed by atoms with van der Waals surface area (Å²) < 4.78 is 5.74. The maximum atomic E-state index is 12.4. The molecule has 0 aliphatic carbocycles. The summed E-state index contributed by atoms with van der Waals surface area (Å²) in [6.45, 7) is 4.15. The van der Waals surface area contributed by atoms with Crippen LogP contribution in [0, 0.1) is 13.8 Å². The molecule has 3 rings (SSSR count). The van der Waals surface area contributed by atoms with E-state index in [1.54, 1.807) is 11.3 Å². The van der Waals surface area contributed by atoms with Crippen LogP contribution in [0.3, 0.4) is 0 Å². The normalized spacial score (nSPS) is 11.8. The van der Waals surface area contributed by atoms with Crippen LogP contribution in [0.1, 0.15) is 34.4 Å². The number of thiazole rings is 1. The molecule has 3 aromatic rings. The molecule has 0 saturated carbocycles. The van der Waals surface area contributed by atoms with Crippen LogP contribution in [-0.2, 0) is 11.3 Å². The van der Waals surface area contributed by atoms with Gasteiger partial charge in [-0.05, 0) is 31.5 Å². The van der Waals surface area contributed by atoms with E-state index in [9.17, 15) is 9.59 Å². The van der Waals surface area contributed by atoms with Gasteiger partial charge in [-0.3, -0.25) is 4.79 Å². The van der Waals surface area contributed by atoms with Crippen molar-refractivity contribution in [1.82, 2.24) is 15.6 Å². The van der Waals surface area contributed by atoms with Gasteiger partial charge in [0.15, 0.2) is 5.76 Å². The van der Waals surface area contributed by atoms with Crippen molar-refractivity contribution in [3.8, 4) is 11.5 Å². The number of nitrogens with one attached hydrogen (secondary N) is 2. The molecule has 0 bridgehead atoms. The average Bonchev–Trinajstić information content (AvgIpc) is 3.28. The minimum atomic E-state index is -0.674. The van der Waals surface area contributed by atoms with Gasteiger partial charge in [-0.1, -0.05) is 29.8 Å². The van der Waals surface area contributed by atoms with E-state index in [2.05, 4.69) is 15.6 Å². The number of urea groups is 1.